The molecule has 0 N–H and O–H groups in total. The van der Waals surface area contributed by atoms with Gasteiger partial charge in [-0.1, -0.05) is 0 Å². The van der Waals surface area contributed by atoms with E-state index in [9.17, 15) is 0 Å². The Labute approximate surface area is 53.0 Å². The van der Waals surface area contributed by atoms with Crippen LogP contribution in [0.15, 0.2) is 0 Å². The van der Waals surface area contributed by atoms with E-state index in [0.29, 0.717) is 0 Å². The van der Waals surface area contributed by atoms with Crippen LogP contribution < -0.4 is 0 Å². The molecule has 0 aromatic heterocycles. The van der Waals surface area contributed by atoms with Gasteiger partial charge in [0.05, 0.1) is 0 Å². The van der Waals surface area contributed by atoms with Crippen LogP contribution in [0.3, 0.4) is 0 Å². The van der Waals surface area contributed by atoms with Crippen molar-refractivity contribution in [2.75, 3.05) is 0 Å². The molecule has 40 valence electrons. The van der Waals surface area contributed by atoms with E-state index in [0.717, 1.165) is 15.2 Å². The first kappa shape index (κ1) is 7.53. The molecule has 0 bridgehead atoms. The second-order valence-electron chi connectivity index (χ2n) is 1.90. The number of rotatable bonds is 4. The molecule has 0 saturated carbocycles. The summed E-state index contributed by atoms with van der Waals surface area (Å²) >= 11 is 0.781. The first-order valence-corrected chi connectivity index (χ1v) is 5.16. The summed E-state index contributed by atoms with van der Waals surface area (Å²) in [7, 11) is 0. The van der Waals surface area contributed by atoms with E-state index in [4.69, 9.17) is 0 Å². The molecule has 0 radical (unpaired) electrons. The van der Waals surface area contributed by atoms with Gasteiger partial charge in [-0.3, -0.25) is 0 Å². The number of hydrogen-bond acceptors (Lipinski definition) is 0. The van der Waals surface area contributed by atoms with Gasteiger partial charge in [0.25, 0.3) is 0 Å². The fourth-order valence-corrected chi connectivity index (χ4v) is 1.30. The Hall–Kier alpha value is 0.532. The summed E-state index contributed by atoms with van der Waals surface area (Å²) in [6.45, 7) is 2.25. The number of hydrogen-bond donors (Lipinski definition) is 0. The Kier molecular flexibility index (Phi) is 7.03. The van der Waals surface area contributed by atoms with Gasteiger partial charge in [0.15, 0.2) is 0 Å². The van der Waals surface area contributed by atoms with Crippen LogP contribution in [0, 0.1) is 0 Å². The molecular weight excluding hydrogens is 99.0 g/mol. The number of unbranched alkanes of at least 4 members (excludes halogenated alkanes) is 2. The van der Waals surface area contributed by atoms with Gasteiger partial charge in [0.2, 0.25) is 0 Å². The van der Waals surface area contributed by atoms with Crippen LogP contribution in [0.25, 0.3) is 0 Å². The maximum atomic E-state index is 2.33. The van der Waals surface area contributed by atoms with Crippen LogP contribution in [0.5, 0.6) is 0 Å². The van der Waals surface area contributed by atoms with Crippen LogP contribution in [0.2, 0.25) is 11.1 Å². The van der Waals surface area contributed by atoms with Crippen molar-refractivity contribution in [3.05, 3.63) is 0 Å². The van der Waals surface area contributed by atoms with Crippen LogP contribution in [0.1, 0.15) is 26.2 Å². The van der Waals surface area contributed by atoms with Crippen molar-refractivity contribution in [1.82, 2.24) is 0 Å². The molecular formula is C6H14Al+. The van der Waals surface area contributed by atoms with Crippen molar-refractivity contribution in [2.24, 2.45) is 0 Å². The summed E-state index contributed by atoms with van der Waals surface area (Å²) < 4.78 is 0. The molecule has 0 amide bonds. The molecule has 0 aliphatic rings. The van der Waals surface area contributed by atoms with Crippen LogP contribution in [-0.4, -0.2) is 15.2 Å². The third-order valence-corrected chi connectivity index (χ3v) is 2.08. The Morgan fingerprint density at radius 3 is 2.43 bits per heavy atom. The summed E-state index contributed by atoms with van der Waals surface area (Å²) in [6, 6.07) is 0. The molecule has 0 unspecified atom stereocenters. The minimum atomic E-state index is 0.781. The van der Waals surface area contributed by atoms with Crippen molar-refractivity contribution >= 4 is 15.2 Å². The van der Waals surface area contributed by atoms with E-state index in [2.05, 4.69) is 12.7 Å². The van der Waals surface area contributed by atoms with Crippen LogP contribution in [-0.2, 0) is 0 Å². The van der Waals surface area contributed by atoms with Crippen molar-refractivity contribution in [1.29, 1.82) is 0 Å². The molecule has 0 spiro atoms. The van der Waals surface area contributed by atoms with E-state index in [1.165, 1.54) is 24.5 Å². The minimum absolute atomic E-state index is 0.781. The van der Waals surface area contributed by atoms with Gasteiger partial charge in [0, 0.05) is 0 Å². The van der Waals surface area contributed by atoms with E-state index >= 15 is 0 Å². The summed E-state index contributed by atoms with van der Waals surface area (Å²) in [4.78, 5) is 0. The molecule has 0 rings (SSSR count). The Morgan fingerprint density at radius 2 is 2.00 bits per heavy atom. The van der Waals surface area contributed by atoms with E-state index in [1.54, 1.807) is 0 Å². The third-order valence-electron chi connectivity index (χ3n) is 1.10. The Balaban J connectivity index is 2.45. The molecule has 0 fully saturated rings. The average Bonchev–Trinajstić information content (AvgIpc) is 1.69. The molecule has 0 aliphatic carbocycles. The fraction of sp³-hybridized carbons (Fsp3) is 1.00. The first-order chi connectivity index (χ1) is 3.41. The second kappa shape index (κ2) is 6.53. The van der Waals surface area contributed by atoms with E-state index in [-0.39, 0.29) is 0 Å². The molecule has 0 heterocycles. The summed E-state index contributed by atoms with van der Waals surface area (Å²) in [6.07, 6.45) is 4.29. The predicted molar refractivity (Wildman–Crippen MR) is 35.9 cm³/mol. The average molecular weight is 113 g/mol. The van der Waals surface area contributed by atoms with Gasteiger partial charge in [-0.2, -0.15) is 0 Å². The normalized spacial score (nSPS) is 8.29. The predicted octanol–water partition coefficient (Wildman–Crippen LogP) is 2.35. The zero-order chi connectivity index (χ0) is 5.54. The van der Waals surface area contributed by atoms with Crippen molar-refractivity contribution in [3.8, 4) is 0 Å². The Bertz CT molecular complexity index is 23.4. The first-order valence-electron chi connectivity index (χ1n) is 3.19. The molecule has 7 heavy (non-hydrogen) atoms. The quantitative estimate of drug-likeness (QED) is 0.388. The maximum absolute atomic E-state index is 2.33. The fourth-order valence-electron chi connectivity index (χ4n) is 0.598. The zero-order valence-electron chi connectivity index (χ0n) is 5.41. The van der Waals surface area contributed by atoms with Crippen molar-refractivity contribution < 1.29 is 0 Å². The summed E-state index contributed by atoms with van der Waals surface area (Å²) in [5.74, 6) is 2.33. The van der Waals surface area contributed by atoms with Gasteiger partial charge in [0.1, 0.15) is 0 Å². The monoisotopic (exact) mass is 113 g/mol. The van der Waals surface area contributed by atoms with Gasteiger partial charge in [-0.25, -0.2) is 0 Å². The van der Waals surface area contributed by atoms with Crippen LogP contribution >= 0.6 is 0 Å². The van der Waals surface area contributed by atoms with E-state index < -0.39 is 0 Å². The molecule has 0 aromatic carbocycles. The third kappa shape index (κ3) is 6.53. The van der Waals surface area contributed by atoms with Gasteiger partial charge in [-0.05, 0) is 0 Å². The molecule has 0 aromatic rings. The molecule has 0 aliphatic heterocycles. The molecule has 1 heteroatoms. The Morgan fingerprint density at radius 1 is 1.29 bits per heavy atom. The zero-order valence-corrected chi connectivity index (χ0v) is 6.56. The molecule has 0 nitrogen and oxygen atoms in total. The molecule has 0 atom stereocenters. The van der Waals surface area contributed by atoms with Crippen molar-refractivity contribution in [2.45, 2.75) is 37.3 Å². The topological polar surface area (TPSA) is 0 Å². The van der Waals surface area contributed by atoms with Gasteiger partial charge in [-0.15, -0.1) is 0 Å². The van der Waals surface area contributed by atoms with Crippen molar-refractivity contribution in [3.63, 3.8) is 0 Å². The SMILES string of the molecule is CCCC[CH2][Al+][CH3]. The standard InChI is InChI=1S/C5H11.CH3.Al/c1-3-5-4-2;;/h1,3-5H2,2H3;1H3;/q;;+1. The molecule has 0 saturated heterocycles. The van der Waals surface area contributed by atoms with Gasteiger partial charge >= 0.3 is 52.5 Å². The second-order valence-corrected chi connectivity index (χ2v) is 3.30. The van der Waals surface area contributed by atoms with Crippen LogP contribution in [0.4, 0.5) is 0 Å². The van der Waals surface area contributed by atoms with Gasteiger partial charge < -0.3 is 0 Å². The summed E-state index contributed by atoms with van der Waals surface area (Å²) in [5.41, 5.74) is 0. The van der Waals surface area contributed by atoms with E-state index in [1.807, 2.05) is 0 Å². The summed E-state index contributed by atoms with van der Waals surface area (Å²) in [5, 5.41) is 1.51.